The monoisotopic (exact) mass is 950 g/mol. The summed E-state index contributed by atoms with van der Waals surface area (Å²) in [5.41, 5.74) is 13.5. The first kappa shape index (κ1) is 42.4. The molecule has 0 fully saturated rings. The molecule has 14 rings (SSSR count). The van der Waals surface area contributed by atoms with Crippen molar-refractivity contribution in [2.75, 3.05) is 0 Å². The van der Waals surface area contributed by atoms with Crippen LogP contribution in [0.25, 0.3) is 134 Å². The standard InChI is InChI=1S/C62H38N12/c1-3-21-53-49(19-1)51-33-39(23-25-55(51)73(53)47-17-5-11-41(31-47)57-67-59(43-13-7-27-63-35-43)71-60(68-57)44-14-8-28-64-36-44)40-24-26-56-52(34-40)50-20-2-4-22-54(50)74(56)48-18-6-12-42(32-48)58-69-61(45-15-9-29-65-37-45)72-62(70-58)46-16-10-30-66-38-46/h1-38H. The zero-order valence-corrected chi connectivity index (χ0v) is 39.3. The summed E-state index contributed by atoms with van der Waals surface area (Å²) >= 11 is 0. The number of aromatic nitrogens is 12. The molecule has 12 nitrogen and oxygen atoms in total. The number of pyridine rings is 4. The molecule has 12 heteroatoms. The Bertz CT molecular complexity index is 4020. The topological polar surface area (TPSA) is 139 Å². The lowest BCUT2D eigenvalue weighted by molar-refractivity contribution is 1.06. The van der Waals surface area contributed by atoms with Gasteiger partial charge in [-0.1, -0.05) is 72.8 Å². The molecule has 0 spiro atoms. The molecule has 0 atom stereocenters. The maximum Gasteiger partial charge on any atom is 0.165 e. The normalized spacial score (nSPS) is 11.5. The second-order valence-corrected chi connectivity index (χ2v) is 17.8. The largest absolute Gasteiger partial charge is 0.309 e. The van der Waals surface area contributed by atoms with E-state index in [0.717, 1.165) is 99.5 Å². The van der Waals surface area contributed by atoms with Crippen molar-refractivity contribution in [2.45, 2.75) is 0 Å². The summed E-state index contributed by atoms with van der Waals surface area (Å²) < 4.78 is 4.65. The van der Waals surface area contributed by atoms with Gasteiger partial charge >= 0.3 is 0 Å². The second-order valence-electron chi connectivity index (χ2n) is 17.8. The third-order valence-electron chi connectivity index (χ3n) is 13.4. The highest BCUT2D eigenvalue weighted by atomic mass is 15.1. The number of hydrogen-bond acceptors (Lipinski definition) is 10. The maximum atomic E-state index is 4.99. The third-order valence-corrected chi connectivity index (χ3v) is 13.4. The van der Waals surface area contributed by atoms with Gasteiger partial charge in [0.15, 0.2) is 34.9 Å². The van der Waals surface area contributed by atoms with Gasteiger partial charge in [0, 0.05) is 116 Å². The van der Waals surface area contributed by atoms with Gasteiger partial charge in [-0.25, -0.2) is 29.9 Å². The van der Waals surface area contributed by atoms with Gasteiger partial charge in [0.05, 0.1) is 22.1 Å². The van der Waals surface area contributed by atoms with Crippen molar-refractivity contribution in [3.05, 3.63) is 232 Å². The van der Waals surface area contributed by atoms with E-state index in [9.17, 15) is 0 Å². The summed E-state index contributed by atoms with van der Waals surface area (Å²) in [6.45, 7) is 0. The summed E-state index contributed by atoms with van der Waals surface area (Å²) in [5.74, 6) is 3.27. The van der Waals surface area contributed by atoms with Gasteiger partial charge in [-0.15, -0.1) is 0 Å². The third kappa shape index (κ3) is 7.49. The van der Waals surface area contributed by atoms with Crippen molar-refractivity contribution in [3.63, 3.8) is 0 Å². The summed E-state index contributed by atoms with van der Waals surface area (Å²) in [6, 6.07) is 62.9. The van der Waals surface area contributed by atoms with E-state index in [0.29, 0.717) is 34.9 Å². The first-order chi connectivity index (χ1) is 36.7. The van der Waals surface area contributed by atoms with E-state index < -0.39 is 0 Å². The zero-order valence-electron chi connectivity index (χ0n) is 39.3. The Morgan fingerprint density at radius 1 is 0.230 bits per heavy atom. The van der Waals surface area contributed by atoms with Gasteiger partial charge in [0.25, 0.3) is 0 Å². The molecule has 74 heavy (non-hydrogen) atoms. The van der Waals surface area contributed by atoms with Crippen LogP contribution in [0.3, 0.4) is 0 Å². The highest BCUT2D eigenvalue weighted by molar-refractivity contribution is 6.12. The van der Waals surface area contributed by atoms with Crippen LogP contribution in [-0.2, 0) is 0 Å². The van der Waals surface area contributed by atoms with Crippen LogP contribution in [-0.4, -0.2) is 59.0 Å². The van der Waals surface area contributed by atoms with E-state index in [2.05, 4.69) is 150 Å². The second kappa shape index (κ2) is 17.7. The molecule has 0 radical (unpaired) electrons. The van der Waals surface area contributed by atoms with Gasteiger partial charge < -0.3 is 9.13 Å². The van der Waals surface area contributed by atoms with Crippen LogP contribution in [0.4, 0.5) is 0 Å². The minimum absolute atomic E-state index is 0.539. The van der Waals surface area contributed by atoms with Gasteiger partial charge in [-0.2, -0.15) is 0 Å². The van der Waals surface area contributed by atoms with Crippen molar-refractivity contribution in [1.29, 1.82) is 0 Å². The molecule has 0 amide bonds. The van der Waals surface area contributed by atoms with Crippen molar-refractivity contribution in [1.82, 2.24) is 59.0 Å². The fourth-order valence-electron chi connectivity index (χ4n) is 9.94. The van der Waals surface area contributed by atoms with Crippen LogP contribution in [0.15, 0.2) is 232 Å². The Morgan fingerprint density at radius 3 is 0.905 bits per heavy atom. The Morgan fingerprint density at radius 2 is 0.554 bits per heavy atom. The average Bonchev–Trinajstić information content (AvgIpc) is 4.00. The number of nitrogens with zero attached hydrogens (tertiary/aromatic N) is 12. The van der Waals surface area contributed by atoms with E-state index in [1.54, 1.807) is 49.6 Å². The Balaban J connectivity index is 0.856. The van der Waals surface area contributed by atoms with Crippen LogP contribution >= 0.6 is 0 Å². The van der Waals surface area contributed by atoms with Crippen molar-refractivity contribution in [2.24, 2.45) is 0 Å². The first-order valence-corrected chi connectivity index (χ1v) is 24.1. The van der Waals surface area contributed by atoms with Crippen LogP contribution in [0.2, 0.25) is 0 Å². The first-order valence-electron chi connectivity index (χ1n) is 24.1. The Kier molecular flexibility index (Phi) is 10.2. The molecule has 0 unspecified atom stereocenters. The van der Waals surface area contributed by atoms with Gasteiger partial charge in [-0.3, -0.25) is 19.9 Å². The van der Waals surface area contributed by atoms with E-state index in [1.165, 1.54) is 0 Å². The molecule has 8 aromatic heterocycles. The van der Waals surface area contributed by atoms with Crippen LogP contribution in [0, 0.1) is 0 Å². The minimum Gasteiger partial charge on any atom is -0.309 e. The smallest absolute Gasteiger partial charge is 0.165 e. The fraction of sp³-hybridized carbons (Fsp3) is 0. The highest BCUT2D eigenvalue weighted by Gasteiger charge is 2.20. The molecule has 8 heterocycles. The molecule has 0 saturated carbocycles. The zero-order chi connectivity index (χ0) is 49.0. The maximum absolute atomic E-state index is 4.99. The van der Waals surface area contributed by atoms with E-state index in [1.807, 2.05) is 60.7 Å². The van der Waals surface area contributed by atoms with Crippen LogP contribution < -0.4 is 0 Å². The predicted molar refractivity (Wildman–Crippen MR) is 291 cm³/mol. The molecular formula is C62H38N12. The number of benzene rings is 6. The van der Waals surface area contributed by atoms with Gasteiger partial charge in [0.1, 0.15) is 0 Å². The molecule has 346 valence electrons. The molecule has 0 N–H and O–H groups in total. The van der Waals surface area contributed by atoms with Crippen molar-refractivity contribution in [3.8, 4) is 90.8 Å². The lowest BCUT2D eigenvalue weighted by Gasteiger charge is -2.12. The number of para-hydroxylation sites is 2. The molecule has 0 aliphatic heterocycles. The van der Waals surface area contributed by atoms with E-state index in [-0.39, 0.29) is 0 Å². The summed E-state index contributed by atoms with van der Waals surface area (Å²) in [6.07, 6.45) is 14.0. The molecule has 14 aromatic rings. The van der Waals surface area contributed by atoms with Crippen LogP contribution in [0.5, 0.6) is 0 Å². The van der Waals surface area contributed by atoms with Gasteiger partial charge in [0.2, 0.25) is 0 Å². The predicted octanol–water partition coefficient (Wildman–Crippen LogP) is 13.5. The van der Waals surface area contributed by atoms with Crippen molar-refractivity contribution >= 4 is 43.6 Å². The molecule has 0 aliphatic rings. The number of rotatable bonds is 9. The molecule has 0 saturated heterocycles. The molecule has 0 bridgehead atoms. The number of fused-ring (bicyclic) bond motifs is 6. The number of hydrogen-bond donors (Lipinski definition) is 0. The lowest BCUT2D eigenvalue weighted by Crippen LogP contribution is -2.01. The highest BCUT2D eigenvalue weighted by Crippen LogP contribution is 2.39. The van der Waals surface area contributed by atoms with Gasteiger partial charge in [-0.05, 0) is 120 Å². The summed E-state index contributed by atoms with van der Waals surface area (Å²) in [7, 11) is 0. The summed E-state index contributed by atoms with van der Waals surface area (Å²) in [4.78, 5) is 47.0. The average molecular weight is 951 g/mol. The minimum atomic E-state index is 0.539. The molecule has 0 aliphatic carbocycles. The molecular weight excluding hydrogens is 913 g/mol. The van der Waals surface area contributed by atoms with Crippen molar-refractivity contribution < 1.29 is 0 Å². The fourth-order valence-corrected chi connectivity index (χ4v) is 9.94. The van der Waals surface area contributed by atoms with E-state index in [4.69, 9.17) is 29.9 Å². The Labute approximate surface area is 423 Å². The van der Waals surface area contributed by atoms with Crippen LogP contribution in [0.1, 0.15) is 0 Å². The lowest BCUT2D eigenvalue weighted by atomic mass is 10.0. The van der Waals surface area contributed by atoms with E-state index >= 15 is 0 Å². The quantitative estimate of drug-likeness (QED) is 0.137. The summed E-state index contributed by atoms with van der Waals surface area (Å²) in [5, 5.41) is 4.61. The Hall–Kier alpha value is -10.5. The SMILES string of the molecule is c1cncc(-c2nc(-c3cccnc3)nc(-c3cccc(-n4c5ccccc5c5cc(-c6ccc7c(c6)c6ccccc6n7-c6cccc(-c7nc(-c8cccnc8)nc(-c8cccnc8)n7)c6)ccc54)c3)n2)c1. The molecule has 6 aromatic carbocycles.